The zero-order chi connectivity index (χ0) is 17.9. The van der Waals surface area contributed by atoms with Crippen molar-refractivity contribution in [3.05, 3.63) is 36.2 Å². The first-order valence-electron chi connectivity index (χ1n) is 9.10. The van der Waals surface area contributed by atoms with Crippen LogP contribution in [0.5, 0.6) is 0 Å². The molecule has 0 N–H and O–H groups in total. The van der Waals surface area contributed by atoms with Gasteiger partial charge in [0.2, 0.25) is 0 Å². The molecule has 136 valence electrons. The molecule has 0 atom stereocenters. The minimum absolute atomic E-state index is 0.0578. The summed E-state index contributed by atoms with van der Waals surface area (Å²) in [6.45, 7) is 6.79. The number of aryl methyl sites for hydroxylation is 1. The van der Waals surface area contributed by atoms with Crippen LogP contribution in [0, 0.1) is 6.92 Å². The minimum Gasteiger partial charge on any atom is -0.356 e. The normalized spacial score (nSPS) is 17.7. The third-order valence-corrected chi connectivity index (χ3v) is 4.96. The summed E-state index contributed by atoms with van der Waals surface area (Å²) in [6, 6.07) is 2.06. The van der Waals surface area contributed by atoms with Gasteiger partial charge >= 0.3 is 0 Å². The number of nitrogens with zero attached hydrogens (tertiary/aromatic N) is 7. The van der Waals surface area contributed by atoms with Crippen molar-refractivity contribution in [2.45, 2.75) is 19.8 Å². The van der Waals surface area contributed by atoms with Gasteiger partial charge in [0.05, 0.1) is 11.9 Å². The molecule has 8 nitrogen and oxygen atoms in total. The summed E-state index contributed by atoms with van der Waals surface area (Å²) >= 11 is 0. The van der Waals surface area contributed by atoms with Crippen LogP contribution in [0.3, 0.4) is 0 Å². The number of piperazine rings is 1. The van der Waals surface area contributed by atoms with Crippen LogP contribution in [-0.4, -0.2) is 70.0 Å². The molecule has 0 aliphatic carbocycles. The monoisotopic (exact) mass is 353 g/mol. The molecule has 4 rings (SSSR count). The fourth-order valence-electron chi connectivity index (χ4n) is 3.43. The molecule has 2 aliphatic rings. The van der Waals surface area contributed by atoms with Crippen LogP contribution in [0.25, 0.3) is 0 Å². The van der Waals surface area contributed by atoms with Crippen molar-refractivity contribution < 1.29 is 4.79 Å². The maximum atomic E-state index is 12.6. The van der Waals surface area contributed by atoms with Crippen LogP contribution in [0.15, 0.2) is 24.8 Å². The number of rotatable bonds is 3. The average Bonchev–Trinajstić information content (AvgIpc) is 3.23. The van der Waals surface area contributed by atoms with E-state index in [0.29, 0.717) is 18.8 Å². The van der Waals surface area contributed by atoms with Gasteiger partial charge in [-0.2, -0.15) is 0 Å². The SMILES string of the molecule is Cc1cnc(C(=O)N2CCN(c3cc(N4CCCC4)ncn3)CC2)cn1. The summed E-state index contributed by atoms with van der Waals surface area (Å²) < 4.78 is 0. The molecule has 2 aliphatic heterocycles. The fourth-order valence-corrected chi connectivity index (χ4v) is 3.43. The van der Waals surface area contributed by atoms with E-state index in [0.717, 1.165) is 43.5 Å². The minimum atomic E-state index is -0.0578. The number of hydrogen-bond acceptors (Lipinski definition) is 7. The molecule has 0 unspecified atom stereocenters. The molecular formula is C18H23N7O. The van der Waals surface area contributed by atoms with E-state index in [1.807, 2.05) is 11.8 Å². The van der Waals surface area contributed by atoms with Crippen molar-refractivity contribution in [3.8, 4) is 0 Å². The summed E-state index contributed by atoms with van der Waals surface area (Å²) in [5.74, 6) is 1.88. The molecule has 2 saturated heterocycles. The molecule has 0 bridgehead atoms. The van der Waals surface area contributed by atoms with Gasteiger partial charge in [0.25, 0.3) is 5.91 Å². The highest BCUT2D eigenvalue weighted by atomic mass is 16.2. The summed E-state index contributed by atoms with van der Waals surface area (Å²) in [5.41, 5.74) is 1.21. The second-order valence-electron chi connectivity index (χ2n) is 6.75. The molecule has 0 saturated carbocycles. The first kappa shape index (κ1) is 16.7. The Bertz CT molecular complexity index is 765. The largest absolute Gasteiger partial charge is 0.356 e. The second kappa shape index (κ2) is 7.23. The van der Waals surface area contributed by atoms with Gasteiger partial charge in [0, 0.05) is 51.5 Å². The number of hydrogen-bond donors (Lipinski definition) is 0. The number of amides is 1. The Balaban J connectivity index is 1.39. The molecular weight excluding hydrogens is 330 g/mol. The average molecular weight is 353 g/mol. The van der Waals surface area contributed by atoms with Crippen molar-refractivity contribution in [3.63, 3.8) is 0 Å². The Kier molecular flexibility index (Phi) is 4.64. The van der Waals surface area contributed by atoms with Gasteiger partial charge in [0.1, 0.15) is 23.7 Å². The van der Waals surface area contributed by atoms with Crippen molar-refractivity contribution >= 4 is 17.5 Å². The van der Waals surface area contributed by atoms with E-state index in [2.05, 4.69) is 35.8 Å². The molecule has 1 amide bonds. The van der Waals surface area contributed by atoms with E-state index in [1.54, 1.807) is 18.7 Å². The zero-order valence-electron chi connectivity index (χ0n) is 15.0. The predicted molar refractivity (Wildman–Crippen MR) is 98.4 cm³/mol. The number of aromatic nitrogens is 4. The first-order chi connectivity index (χ1) is 12.7. The molecule has 2 aromatic heterocycles. The number of carbonyl (C=O) groups is 1. The first-order valence-corrected chi connectivity index (χ1v) is 9.10. The second-order valence-corrected chi connectivity index (χ2v) is 6.75. The Morgan fingerprint density at radius 2 is 1.50 bits per heavy atom. The highest BCUT2D eigenvalue weighted by Gasteiger charge is 2.24. The smallest absolute Gasteiger partial charge is 0.274 e. The van der Waals surface area contributed by atoms with Crippen LogP contribution < -0.4 is 9.80 Å². The van der Waals surface area contributed by atoms with Crippen molar-refractivity contribution in [1.82, 2.24) is 24.8 Å². The van der Waals surface area contributed by atoms with Crippen molar-refractivity contribution in [2.24, 2.45) is 0 Å². The van der Waals surface area contributed by atoms with E-state index in [4.69, 9.17) is 0 Å². The summed E-state index contributed by atoms with van der Waals surface area (Å²) in [7, 11) is 0. The van der Waals surface area contributed by atoms with Crippen LogP contribution in [0.4, 0.5) is 11.6 Å². The van der Waals surface area contributed by atoms with Crippen molar-refractivity contribution in [1.29, 1.82) is 0 Å². The molecule has 0 aromatic carbocycles. The topological polar surface area (TPSA) is 78.4 Å². The predicted octanol–water partition coefficient (Wildman–Crippen LogP) is 1.14. The lowest BCUT2D eigenvalue weighted by Crippen LogP contribution is -2.49. The van der Waals surface area contributed by atoms with Crippen LogP contribution in [-0.2, 0) is 0 Å². The summed E-state index contributed by atoms with van der Waals surface area (Å²) in [6.07, 6.45) is 7.27. The molecule has 0 spiro atoms. The number of carbonyl (C=O) groups excluding carboxylic acids is 1. The lowest BCUT2D eigenvalue weighted by atomic mass is 10.2. The Morgan fingerprint density at radius 3 is 2.12 bits per heavy atom. The lowest BCUT2D eigenvalue weighted by molar-refractivity contribution is 0.0740. The summed E-state index contributed by atoms with van der Waals surface area (Å²) in [4.78, 5) is 36.1. The van der Waals surface area contributed by atoms with Gasteiger partial charge in [-0.25, -0.2) is 15.0 Å². The van der Waals surface area contributed by atoms with Gasteiger partial charge in [-0.3, -0.25) is 9.78 Å². The van der Waals surface area contributed by atoms with Crippen LogP contribution >= 0.6 is 0 Å². The van der Waals surface area contributed by atoms with E-state index in [1.165, 1.54) is 12.8 Å². The molecule has 0 radical (unpaired) electrons. The number of anilines is 2. The third kappa shape index (κ3) is 3.44. The van der Waals surface area contributed by atoms with E-state index in [9.17, 15) is 4.79 Å². The van der Waals surface area contributed by atoms with Crippen LogP contribution in [0.2, 0.25) is 0 Å². The molecule has 2 aromatic rings. The van der Waals surface area contributed by atoms with Crippen molar-refractivity contribution in [2.75, 3.05) is 49.1 Å². The van der Waals surface area contributed by atoms with Gasteiger partial charge in [-0.1, -0.05) is 0 Å². The third-order valence-electron chi connectivity index (χ3n) is 4.96. The van der Waals surface area contributed by atoms with E-state index < -0.39 is 0 Å². The zero-order valence-corrected chi connectivity index (χ0v) is 15.0. The maximum Gasteiger partial charge on any atom is 0.274 e. The van der Waals surface area contributed by atoms with Gasteiger partial charge in [-0.15, -0.1) is 0 Å². The molecule has 2 fully saturated rings. The summed E-state index contributed by atoms with van der Waals surface area (Å²) in [5, 5.41) is 0. The van der Waals surface area contributed by atoms with E-state index in [-0.39, 0.29) is 5.91 Å². The van der Waals surface area contributed by atoms with Gasteiger partial charge < -0.3 is 14.7 Å². The standard InChI is InChI=1S/C18H23N7O/c1-14-11-20-15(12-19-14)18(26)25-8-6-24(7-9-25)17-10-16(21-13-22-17)23-4-2-3-5-23/h10-13H,2-9H2,1H3. The Labute approximate surface area is 152 Å². The van der Waals surface area contributed by atoms with Gasteiger partial charge in [-0.05, 0) is 19.8 Å². The Morgan fingerprint density at radius 1 is 0.846 bits per heavy atom. The molecule has 26 heavy (non-hydrogen) atoms. The van der Waals surface area contributed by atoms with E-state index >= 15 is 0 Å². The van der Waals surface area contributed by atoms with Gasteiger partial charge in [0.15, 0.2) is 0 Å². The fraction of sp³-hybridized carbons (Fsp3) is 0.500. The van der Waals surface area contributed by atoms with Crippen LogP contribution in [0.1, 0.15) is 29.0 Å². The lowest BCUT2D eigenvalue weighted by Gasteiger charge is -2.35. The highest BCUT2D eigenvalue weighted by molar-refractivity contribution is 5.92. The quantitative estimate of drug-likeness (QED) is 0.819. The molecule has 4 heterocycles. The molecule has 8 heteroatoms. The maximum absolute atomic E-state index is 12.6. The highest BCUT2D eigenvalue weighted by Crippen LogP contribution is 2.22. The Hall–Kier alpha value is -2.77.